The molecule has 6 heteroatoms. The van der Waals surface area contributed by atoms with Crippen LogP contribution in [0.3, 0.4) is 0 Å². The first-order valence-corrected chi connectivity index (χ1v) is 8.47. The van der Waals surface area contributed by atoms with Gasteiger partial charge >= 0.3 is 0 Å². The van der Waals surface area contributed by atoms with E-state index in [0.29, 0.717) is 6.04 Å². The Kier molecular flexibility index (Phi) is 5.72. The zero-order chi connectivity index (χ0) is 14.9. The molecule has 0 aromatic heterocycles. The van der Waals surface area contributed by atoms with E-state index < -0.39 is 5.54 Å². The largest absolute Gasteiger partial charge is 0.358 e. The summed E-state index contributed by atoms with van der Waals surface area (Å²) in [5.74, 6) is 0.247. The third-order valence-corrected chi connectivity index (χ3v) is 5.36. The van der Waals surface area contributed by atoms with E-state index in [-0.39, 0.29) is 30.3 Å². The summed E-state index contributed by atoms with van der Waals surface area (Å²) >= 11 is 0. The van der Waals surface area contributed by atoms with Gasteiger partial charge in [-0.25, -0.2) is 0 Å². The lowest BCUT2D eigenvalue weighted by atomic mass is 9.79. The van der Waals surface area contributed by atoms with Gasteiger partial charge in [-0.3, -0.25) is 14.5 Å². The lowest BCUT2D eigenvalue weighted by molar-refractivity contribution is -0.140. The van der Waals surface area contributed by atoms with Crippen molar-refractivity contribution >= 4 is 24.2 Å². The summed E-state index contributed by atoms with van der Waals surface area (Å²) in [6.45, 7) is 0.871. The maximum absolute atomic E-state index is 12.6. The number of halogens is 1. The molecule has 3 aliphatic rings. The van der Waals surface area contributed by atoms with Gasteiger partial charge in [-0.15, -0.1) is 12.4 Å². The van der Waals surface area contributed by atoms with Gasteiger partial charge in [-0.1, -0.05) is 19.3 Å². The van der Waals surface area contributed by atoms with Crippen molar-refractivity contribution in [1.82, 2.24) is 15.5 Å². The molecular weight excluding hydrogens is 302 g/mol. The Bertz CT molecular complexity index is 420. The summed E-state index contributed by atoms with van der Waals surface area (Å²) in [6, 6.07) is 0.281. The highest BCUT2D eigenvalue weighted by atomic mass is 35.5. The van der Waals surface area contributed by atoms with Gasteiger partial charge in [0, 0.05) is 19.6 Å². The molecule has 1 saturated heterocycles. The standard InChI is InChI=1S/C16H27N3O2.ClH/c1-17-15(21)16(9-3-2-4-10-16)19-11-5-6-13(19)14(20)18-12-7-8-12;/h12-13H,2-11H2,1H3,(H,17,21)(H,18,20);1H/t13-;/m0./s1. The normalized spacial score (nSPS) is 27.8. The summed E-state index contributed by atoms with van der Waals surface area (Å²) < 4.78 is 0. The summed E-state index contributed by atoms with van der Waals surface area (Å²) in [5.41, 5.74) is -0.449. The van der Waals surface area contributed by atoms with Crippen LogP contribution in [0.25, 0.3) is 0 Å². The Balaban J connectivity index is 0.00000176. The van der Waals surface area contributed by atoms with Crippen LogP contribution in [0, 0.1) is 0 Å². The zero-order valence-electron chi connectivity index (χ0n) is 13.4. The molecule has 0 bridgehead atoms. The van der Waals surface area contributed by atoms with Crippen molar-refractivity contribution in [3.8, 4) is 0 Å². The summed E-state index contributed by atoms with van der Waals surface area (Å²) in [5, 5.41) is 5.98. The van der Waals surface area contributed by atoms with E-state index in [0.717, 1.165) is 57.9 Å². The van der Waals surface area contributed by atoms with E-state index in [4.69, 9.17) is 0 Å². The number of nitrogens with zero attached hydrogens (tertiary/aromatic N) is 1. The van der Waals surface area contributed by atoms with Gasteiger partial charge in [-0.2, -0.15) is 0 Å². The molecule has 2 N–H and O–H groups in total. The predicted molar refractivity (Wildman–Crippen MR) is 88.0 cm³/mol. The summed E-state index contributed by atoms with van der Waals surface area (Å²) in [4.78, 5) is 27.3. The van der Waals surface area contributed by atoms with Crippen LogP contribution in [0.2, 0.25) is 0 Å². The average molecular weight is 330 g/mol. The van der Waals surface area contributed by atoms with Gasteiger partial charge in [0.05, 0.1) is 6.04 Å². The van der Waals surface area contributed by atoms with E-state index >= 15 is 0 Å². The Morgan fingerprint density at radius 2 is 1.73 bits per heavy atom. The smallest absolute Gasteiger partial charge is 0.240 e. The maximum atomic E-state index is 12.6. The Labute approximate surface area is 139 Å². The minimum Gasteiger partial charge on any atom is -0.358 e. The topological polar surface area (TPSA) is 61.4 Å². The highest BCUT2D eigenvalue weighted by Crippen LogP contribution is 2.39. The second-order valence-corrected chi connectivity index (χ2v) is 6.81. The van der Waals surface area contributed by atoms with Crippen molar-refractivity contribution in [3.05, 3.63) is 0 Å². The molecule has 0 unspecified atom stereocenters. The molecule has 2 saturated carbocycles. The zero-order valence-corrected chi connectivity index (χ0v) is 14.2. The van der Waals surface area contributed by atoms with Gasteiger partial charge in [0.2, 0.25) is 11.8 Å². The second-order valence-electron chi connectivity index (χ2n) is 6.81. The quantitative estimate of drug-likeness (QED) is 0.823. The van der Waals surface area contributed by atoms with Crippen LogP contribution in [0.1, 0.15) is 57.8 Å². The SMILES string of the molecule is CNC(=O)C1(N2CCC[C@H]2C(=O)NC2CC2)CCCCC1.Cl. The number of likely N-dealkylation sites (tertiary alicyclic amines) is 1. The van der Waals surface area contributed by atoms with Gasteiger partial charge in [0.1, 0.15) is 5.54 Å². The van der Waals surface area contributed by atoms with Crippen LogP contribution in [0.4, 0.5) is 0 Å². The number of rotatable bonds is 4. The van der Waals surface area contributed by atoms with E-state index in [1.165, 1.54) is 6.42 Å². The molecule has 3 fully saturated rings. The molecule has 1 atom stereocenters. The second kappa shape index (κ2) is 7.18. The van der Waals surface area contributed by atoms with Gasteiger partial charge in [0.15, 0.2) is 0 Å². The predicted octanol–water partition coefficient (Wildman–Crippen LogP) is 1.60. The first-order valence-electron chi connectivity index (χ1n) is 8.47. The molecule has 5 nitrogen and oxygen atoms in total. The van der Waals surface area contributed by atoms with Crippen LogP contribution >= 0.6 is 12.4 Å². The van der Waals surface area contributed by atoms with Crippen LogP contribution in [-0.2, 0) is 9.59 Å². The van der Waals surface area contributed by atoms with Crippen LogP contribution in [-0.4, -0.2) is 47.9 Å². The molecule has 22 heavy (non-hydrogen) atoms. The maximum Gasteiger partial charge on any atom is 0.240 e. The molecule has 1 heterocycles. The molecule has 0 aromatic rings. The summed E-state index contributed by atoms with van der Waals surface area (Å²) in [6.07, 6.45) is 9.27. The van der Waals surface area contributed by atoms with Crippen LogP contribution < -0.4 is 10.6 Å². The number of amides is 2. The van der Waals surface area contributed by atoms with Crippen molar-refractivity contribution in [2.75, 3.05) is 13.6 Å². The molecule has 2 amide bonds. The van der Waals surface area contributed by atoms with Crippen molar-refractivity contribution < 1.29 is 9.59 Å². The van der Waals surface area contributed by atoms with Gasteiger partial charge in [0.25, 0.3) is 0 Å². The van der Waals surface area contributed by atoms with Gasteiger partial charge < -0.3 is 10.6 Å². The Hall–Kier alpha value is -0.810. The van der Waals surface area contributed by atoms with Crippen molar-refractivity contribution in [2.45, 2.75) is 75.4 Å². The first-order chi connectivity index (χ1) is 10.2. The fourth-order valence-corrected chi connectivity index (χ4v) is 4.09. The van der Waals surface area contributed by atoms with Crippen molar-refractivity contribution in [2.24, 2.45) is 0 Å². The van der Waals surface area contributed by atoms with Gasteiger partial charge in [-0.05, 0) is 38.5 Å². The Morgan fingerprint density at radius 3 is 2.32 bits per heavy atom. The monoisotopic (exact) mass is 329 g/mol. The molecule has 2 aliphatic carbocycles. The van der Waals surface area contributed by atoms with E-state index in [1.807, 2.05) is 0 Å². The number of carbonyl (C=O) groups is 2. The fraction of sp³-hybridized carbons (Fsp3) is 0.875. The first kappa shape index (κ1) is 17.5. The minimum absolute atomic E-state index is 0. The van der Waals surface area contributed by atoms with E-state index in [2.05, 4.69) is 15.5 Å². The third kappa shape index (κ3) is 3.25. The molecule has 126 valence electrons. The lowest BCUT2D eigenvalue weighted by Crippen LogP contribution is -2.63. The third-order valence-electron chi connectivity index (χ3n) is 5.36. The highest BCUT2D eigenvalue weighted by molar-refractivity contribution is 5.89. The van der Waals surface area contributed by atoms with E-state index in [1.54, 1.807) is 7.05 Å². The minimum atomic E-state index is -0.449. The molecular formula is C16H28ClN3O2. The van der Waals surface area contributed by atoms with Crippen LogP contribution in [0.15, 0.2) is 0 Å². The molecule has 3 rings (SSSR count). The highest BCUT2D eigenvalue weighted by Gasteiger charge is 2.50. The molecule has 0 spiro atoms. The number of hydrogen-bond donors (Lipinski definition) is 2. The number of carbonyl (C=O) groups excluding carboxylic acids is 2. The molecule has 1 aliphatic heterocycles. The molecule has 0 aromatic carbocycles. The summed E-state index contributed by atoms with van der Waals surface area (Å²) in [7, 11) is 1.72. The molecule has 0 radical (unpaired) electrons. The fourth-order valence-electron chi connectivity index (χ4n) is 4.09. The van der Waals surface area contributed by atoms with Crippen molar-refractivity contribution in [1.29, 1.82) is 0 Å². The van der Waals surface area contributed by atoms with Crippen molar-refractivity contribution in [3.63, 3.8) is 0 Å². The van der Waals surface area contributed by atoms with Crippen LogP contribution in [0.5, 0.6) is 0 Å². The average Bonchev–Trinajstić information content (AvgIpc) is 3.18. The Morgan fingerprint density at radius 1 is 1.05 bits per heavy atom. The number of likely N-dealkylation sites (N-methyl/N-ethyl adjacent to an activating group) is 1. The lowest BCUT2D eigenvalue weighted by Gasteiger charge is -2.45. The number of hydrogen-bond acceptors (Lipinski definition) is 3. The van der Waals surface area contributed by atoms with E-state index in [9.17, 15) is 9.59 Å². The number of nitrogens with one attached hydrogen (secondary N) is 2.